The van der Waals surface area contributed by atoms with Gasteiger partial charge in [0.15, 0.2) is 0 Å². The highest BCUT2D eigenvalue weighted by molar-refractivity contribution is 6.32. The number of nitrogens with zero attached hydrogens (tertiary/aromatic N) is 1. The third-order valence-corrected chi connectivity index (χ3v) is 3.06. The summed E-state index contributed by atoms with van der Waals surface area (Å²) in [7, 11) is 1.65. The minimum atomic E-state index is -0.229. The lowest BCUT2D eigenvalue weighted by Gasteiger charge is -2.18. The van der Waals surface area contributed by atoms with Crippen molar-refractivity contribution < 1.29 is 9.90 Å². The Bertz CT molecular complexity index is 629. The Kier molecular flexibility index (Phi) is 3.62. The van der Waals surface area contributed by atoms with E-state index in [2.05, 4.69) is 0 Å². The summed E-state index contributed by atoms with van der Waals surface area (Å²) in [5.74, 6) is -0.280. The number of amides is 1. The number of phenols is 1. The van der Waals surface area contributed by atoms with E-state index in [1.54, 1.807) is 31.3 Å². The molecular formula is C14H13ClN2O2. The second kappa shape index (κ2) is 5.20. The van der Waals surface area contributed by atoms with E-state index in [-0.39, 0.29) is 16.7 Å². The summed E-state index contributed by atoms with van der Waals surface area (Å²) >= 11 is 5.79. The van der Waals surface area contributed by atoms with Gasteiger partial charge >= 0.3 is 0 Å². The lowest BCUT2D eigenvalue weighted by molar-refractivity contribution is 0.0993. The Balaban J connectivity index is 2.30. The number of hydrogen-bond donors (Lipinski definition) is 2. The maximum absolute atomic E-state index is 12.3. The number of benzene rings is 2. The maximum Gasteiger partial charge on any atom is 0.258 e. The Morgan fingerprint density at radius 2 is 2.00 bits per heavy atom. The molecule has 19 heavy (non-hydrogen) atoms. The Morgan fingerprint density at radius 3 is 2.63 bits per heavy atom. The van der Waals surface area contributed by atoms with Crippen LogP contribution in [0.5, 0.6) is 5.75 Å². The first-order chi connectivity index (χ1) is 8.99. The lowest BCUT2D eigenvalue weighted by atomic mass is 10.1. The summed E-state index contributed by atoms with van der Waals surface area (Å²) in [6.45, 7) is 0. The van der Waals surface area contributed by atoms with Crippen molar-refractivity contribution in [3.05, 3.63) is 53.1 Å². The van der Waals surface area contributed by atoms with Crippen LogP contribution in [0.4, 0.5) is 11.4 Å². The molecule has 2 aromatic rings. The van der Waals surface area contributed by atoms with Crippen LogP contribution in [0.15, 0.2) is 42.5 Å². The largest absolute Gasteiger partial charge is 0.506 e. The number of anilines is 2. The third kappa shape index (κ3) is 2.80. The van der Waals surface area contributed by atoms with E-state index in [1.165, 1.54) is 23.1 Å². The van der Waals surface area contributed by atoms with Crippen molar-refractivity contribution in [2.45, 2.75) is 0 Å². The molecule has 0 saturated heterocycles. The predicted molar refractivity (Wildman–Crippen MR) is 76.7 cm³/mol. The molecule has 0 saturated carbocycles. The number of phenolic OH excluding ortho intramolecular Hbond substituents is 1. The summed E-state index contributed by atoms with van der Waals surface area (Å²) in [6, 6.07) is 11.4. The fourth-order valence-electron chi connectivity index (χ4n) is 1.68. The number of nitrogen functional groups attached to an aromatic ring is 1. The van der Waals surface area contributed by atoms with E-state index >= 15 is 0 Å². The van der Waals surface area contributed by atoms with Gasteiger partial charge in [-0.3, -0.25) is 4.79 Å². The highest BCUT2D eigenvalue weighted by atomic mass is 35.5. The number of nitrogens with two attached hydrogens (primary N) is 1. The molecule has 0 heterocycles. The normalized spacial score (nSPS) is 10.2. The van der Waals surface area contributed by atoms with Gasteiger partial charge in [0.25, 0.3) is 5.91 Å². The number of carbonyl (C=O) groups excluding carboxylic acids is 1. The van der Waals surface area contributed by atoms with Crippen LogP contribution in [-0.4, -0.2) is 18.1 Å². The van der Waals surface area contributed by atoms with Crippen LogP contribution in [0, 0.1) is 0 Å². The molecule has 0 aromatic heterocycles. The van der Waals surface area contributed by atoms with Crippen LogP contribution in [0.25, 0.3) is 0 Å². The molecule has 2 aromatic carbocycles. The molecule has 0 radical (unpaired) electrons. The molecule has 4 nitrogen and oxygen atoms in total. The van der Waals surface area contributed by atoms with Gasteiger partial charge in [0.1, 0.15) is 5.75 Å². The zero-order chi connectivity index (χ0) is 14.0. The van der Waals surface area contributed by atoms with Gasteiger partial charge < -0.3 is 15.7 Å². The van der Waals surface area contributed by atoms with Crippen LogP contribution in [0.2, 0.25) is 5.02 Å². The average molecular weight is 277 g/mol. The Morgan fingerprint density at radius 1 is 1.26 bits per heavy atom. The van der Waals surface area contributed by atoms with E-state index in [1.807, 2.05) is 0 Å². The molecule has 2 rings (SSSR count). The minimum Gasteiger partial charge on any atom is -0.506 e. The van der Waals surface area contributed by atoms with Gasteiger partial charge in [-0.25, -0.2) is 0 Å². The topological polar surface area (TPSA) is 66.6 Å². The van der Waals surface area contributed by atoms with E-state index in [9.17, 15) is 9.90 Å². The molecule has 0 spiro atoms. The summed E-state index contributed by atoms with van der Waals surface area (Å²) in [6.07, 6.45) is 0. The van der Waals surface area contributed by atoms with E-state index in [0.29, 0.717) is 16.9 Å². The molecule has 98 valence electrons. The lowest BCUT2D eigenvalue weighted by Crippen LogP contribution is -2.26. The molecule has 0 atom stereocenters. The minimum absolute atomic E-state index is 0.0511. The first-order valence-corrected chi connectivity index (χ1v) is 5.99. The summed E-state index contributed by atoms with van der Waals surface area (Å²) in [5, 5.41) is 9.49. The molecule has 0 aliphatic rings. The highest BCUT2D eigenvalue weighted by Gasteiger charge is 2.14. The SMILES string of the molecule is CN(C(=O)c1ccc(O)c(Cl)c1)c1cccc(N)c1. The molecule has 0 bridgehead atoms. The average Bonchev–Trinajstić information content (AvgIpc) is 2.40. The molecule has 0 aliphatic heterocycles. The van der Waals surface area contributed by atoms with Crippen LogP contribution in [0.1, 0.15) is 10.4 Å². The molecule has 0 aliphatic carbocycles. The molecule has 5 heteroatoms. The molecule has 1 amide bonds. The van der Waals surface area contributed by atoms with Crippen LogP contribution in [-0.2, 0) is 0 Å². The number of carbonyl (C=O) groups is 1. The predicted octanol–water partition coefficient (Wildman–Crippen LogP) is 2.90. The number of halogens is 1. The standard InChI is InChI=1S/C14H13ClN2O2/c1-17(11-4-2-3-10(16)8-11)14(19)9-5-6-13(18)12(15)7-9/h2-8,18H,16H2,1H3. The number of aromatic hydroxyl groups is 1. The van der Waals surface area contributed by atoms with Gasteiger partial charge in [-0.05, 0) is 36.4 Å². The van der Waals surface area contributed by atoms with Crippen LogP contribution >= 0.6 is 11.6 Å². The Labute approximate surface area is 116 Å². The fourth-order valence-corrected chi connectivity index (χ4v) is 1.86. The van der Waals surface area contributed by atoms with Crippen molar-refractivity contribution in [1.29, 1.82) is 0 Å². The van der Waals surface area contributed by atoms with Gasteiger partial charge in [0, 0.05) is 24.0 Å². The summed E-state index contributed by atoms with van der Waals surface area (Å²) < 4.78 is 0. The van der Waals surface area contributed by atoms with Crippen molar-refractivity contribution in [2.75, 3.05) is 17.7 Å². The smallest absolute Gasteiger partial charge is 0.258 e. The first-order valence-electron chi connectivity index (χ1n) is 5.61. The second-order valence-electron chi connectivity index (χ2n) is 4.13. The first kappa shape index (κ1) is 13.2. The van der Waals surface area contributed by atoms with E-state index < -0.39 is 0 Å². The van der Waals surface area contributed by atoms with Crippen molar-refractivity contribution in [2.24, 2.45) is 0 Å². The molecule has 0 fully saturated rings. The van der Waals surface area contributed by atoms with E-state index in [4.69, 9.17) is 17.3 Å². The number of rotatable bonds is 2. The van der Waals surface area contributed by atoms with Crippen LogP contribution < -0.4 is 10.6 Å². The molecule has 3 N–H and O–H groups in total. The van der Waals surface area contributed by atoms with Gasteiger partial charge in [-0.15, -0.1) is 0 Å². The number of hydrogen-bond acceptors (Lipinski definition) is 3. The second-order valence-corrected chi connectivity index (χ2v) is 4.53. The molecular weight excluding hydrogens is 264 g/mol. The van der Waals surface area contributed by atoms with Gasteiger partial charge in [-0.2, -0.15) is 0 Å². The van der Waals surface area contributed by atoms with Crippen molar-refractivity contribution in [3.63, 3.8) is 0 Å². The van der Waals surface area contributed by atoms with Gasteiger partial charge in [-0.1, -0.05) is 17.7 Å². The fraction of sp³-hybridized carbons (Fsp3) is 0.0714. The highest BCUT2D eigenvalue weighted by Crippen LogP contribution is 2.25. The summed E-state index contributed by atoms with van der Waals surface area (Å²) in [4.78, 5) is 13.7. The van der Waals surface area contributed by atoms with Crippen molar-refractivity contribution in [3.8, 4) is 5.75 Å². The van der Waals surface area contributed by atoms with Gasteiger partial charge in [0.05, 0.1) is 5.02 Å². The quantitative estimate of drug-likeness (QED) is 0.829. The van der Waals surface area contributed by atoms with Crippen LogP contribution in [0.3, 0.4) is 0 Å². The van der Waals surface area contributed by atoms with Crippen molar-refractivity contribution in [1.82, 2.24) is 0 Å². The third-order valence-electron chi connectivity index (χ3n) is 2.76. The molecule has 0 unspecified atom stereocenters. The maximum atomic E-state index is 12.3. The van der Waals surface area contributed by atoms with Gasteiger partial charge in [0.2, 0.25) is 0 Å². The monoisotopic (exact) mass is 276 g/mol. The van der Waals surface area contributed by atoms with Crippen molar-refractivity contribution >= 4 is 28.9 Å². The van der Waals surface area contributed by atoms with E-state index in [0.717, 1.165) is 0 Å². The Hall–Kier alpha value is -2.20. The zero-order valence-electron chi connectivity index (χ0n) is 10.3. The summed E-state index contributed by atoms with van der Waals surface area (Å²) in [5.41, 5.74) is 7.36. The zero-order valence-corrected chi connectivity index (χ0v) is 11.1.